The molecule has 0 aliphatic carbocycles. The molecule has 1 amide bonds. The molecule has 4 nitrogen and oxygen atoms in total. The van der Waals surface area contributed by atoms with Crippen molar-refractivity contribution >= 4 is 5.91 Å². The fourth-order valence-corrected chi connectivity index (χ4v) is 3.77. The molecule has 0 saturated heterocycles. The highest BCUT2D eigenvalue weighted by Crippen LogP contribution is 2.39. The molecular weight excluding hydrogens is 314 g/mol. The smallest absolute Gasteiger partial charge is 0.227 e. The molecule has 0 N–H and O–H groups in total. The van der Waals surface area contributed by atoms with Gasteiger partial charge in [-0.05, 0) is 54.7 Å². The molecule has 1 unspecified atom stereocenters. The van der Waals surface area contributed by atoms with Gasteiger partial charge in [0.25, 0.3) is 0 Å². The van der Waals surface area contributed by atoms with E-state index in [1.54, 1.807) is 0 Å². The van der Waals surface area contributed by atoms with E-state index in [2.05, 4.69) is 32.0 Å². The number of rotatable bonds is 2. The van der Waals surface area contributed by atoms with Crippen molar-refractivity contribution in [3.63, 3.8) is 0 Å². The zero-order valence-electron chi connectivity index (χ0n) is 14.7. The van der Waals surface area contributed by atoms with Crippen LogP contribution in [0.1, 0.15) is 35.2 Å². The molecule has 4 rings (SSSR count). The minimum atomic E-state index is 0.0519. The number of ether oxygens (including phenoxy) is 2. The average Bonchev–Trinajstić information content (AvgIpc) is 2.62. The van der Waals surface area contributed by atoms with Crippen LogP contribution in [0.2, 0.25) is 0 Å². The summed E-state index contributed by atoms with van der Waals surface area (Å²) >= 11 is 0. The fourth-order valence-electron chi connectivity index (χ4n) is 3.77. The van der Waals surface area contributed by atoms with E-state index in [9.17, 15) is 4.79 Å². The van der Waals surface area contributed by atoms with Crippen LogP contribution in [0.3, 0.4) is 0 Å². The molecule has 1 atom stereocenters. The molecule has 2 heterocycles. The summed E-state index contributed by atoms with van der Waals surface area (Å²) in [5.74, 6) is 1.81. The molecule has 0 radical (unpaired) electrons. The van der Waals surface area contributed by atoms with Gasteiger partial charge in [0, 0.05) is 6.54 Å². The highest BCUT2D eigenvalue weighted by atomic mass is 16.6. The Labute approximate surface area is 148 Å². The fraction of sp³-hybridized carbons (Fsp3) is 0.381. The van der Waals surface area contributed by atoms with Gasteiger partial charge in [-0.15, -0.1) is 0 Å². The van der Waals surface area contributed by atoms with E-state index < -0.39 is 0 Å². The average molecular weight is 337 g/mol. The van der Waals surface area contributed by atoms with Gasteiger partial charge in [-0.2, -0.15) is 0 Å². The first-order chi connectivity index (χ1) is 12.1. The number of benzene rings is 2. The number of hydrogen-bond acceptors (Lipinski definition) is 3. The van der Waals surface area contributed by atoms with Crippen molar-refractivity contribution in [3.05, 3.63) is 58.7 Å². The lowest BCUT2D eigenvalue weighted by Gasteiger charge is -2.36. The van der Waals surface area contributed by atoms with Gasteiger partial charge in [-0.3, -0.25) is 4.79 Å². The molecular formula is C21H23NO3. The van der Waals surface area contributed by atoms with Gasteiger partial charge in [-0.25, -0.2) is 0 Å². The van der Waals surface area contributed by atoms with Crippen LogP contribution in [0.15, 0.2) is 36.4 Å². The lowest BCUT2D eigenvalue weighted by molar-refractivity contribution is -0.133. The Balaban J connectivity index is 1.57. The Morgan fingerprint density at radius 1 is 1.16 bits per heavy atom. The molecule has 0 bridgehead atoms. The van der Waals surface area contributed by atoms with Gasteiger partial charge in [0.05, 0.1) is 12.5 Å². The van der Waals surface area contributed by atoms with Gasteiger partial charge in [0.15, 0.2) is 11.5 Å². The molecule has 130 valence electrons. The summed E-state index contributed by atoms with van der Waals surface area (Å²) in [5, 5.41) is 0. The number of nitrogens with zero attached hydrogens (tertiary/aromatic N) is 1. The van der Waals surface area contributed by atoms with Crippen LogP contribution in [-0.4, -0.2) is 30.6 Å². The molecule has 2 aromatic rings. The second-order valence-corrected chi connectivity index (χ2v) is 6.81. The van der Waals surface area contributed by atoms with Crippen molar-refractivity contribution in [2.45, 2.75) is 32.7 Å². The maximum atomic E-state index is 12.9. The van der Waals surface area contributed by atoms with Crippen LogP contribution in [0.4, 0.5) is 0 Å². The van der Waals surface area contributed by atoms with E-state index in [4.69, 9.17) is 9.47 Å². The highest BCUT2D eigenvalue weighted by molar-refractivity contribution is 5.80. The Hall–Kier alpha value is -2.49. The van der Waals surface area contributed by atoms with Gasteiger partial charge >= 0.3 is 0 Å². The summed E-state index contributed by atoms with van der Waals surface area (Å²) in [6.07, 6.45) is 1.31. The van der Waals surface area contributed by atoms with Crippen molar-refractivity contribution in [2.24, 2.45) is 0 Å². The molecule has 0 spiro atoms. The largest absolute Gasteiger partial charge is 0.486 e. The Bertz CT molecular complexity index is 815. The summed E-state index contributed by atoms with van der Waals surface area (Å²) < 4.78 is 11.4. The number of aryl methyl sites for hydroxylation is 1. The van der Waals surface area contributed by atoms with Crippen molar-refractivity contribution in [1.82, 2.24) is 4.90 Å². The third-order valence-electron chi connectivity index (χ3n) is 5.27. The van der Waals surface area contributed by atoms with E-state index in [-0.39, 0.29) is 11.9 Å². The minimum absolute atomic E-state index is 0.0519. The van der Waals surface area contributed by atoms with Crippen LogP contribution in [0.25, 0.3) is 0 Å². The maximum Gasteiger partial charge on any atom is 0.227 e. The van der Waals surface area contributed by atoms with E-state index in [1.165, 1.54) is 16.7 Å². The lowest BCUT2D eigenvalue weighted by Crippen LogP contribution is -2.40. The van der Waals surface area contributed by atoms with Gasteiger partial charge in [-0.1, -0.05) is 24.3 Å². The predicted molar refractivity (Wildman–Crippen MR) is 96.1 cm³/mol. The Kier molecular flexibility index (Phi) is 4.12. The third-order valence-corrected chi connectivity index (χ3v) is 5.27. The molecule has 0 fully saturated rings. The van der Waals surface area contributed by atoms with Crippen LogP contribution in [0.5, 0.6) is 11.5 Å². The standard InChI is InChI=1S/C21H23NO3/c1-14-5-3-4-6-16(14)12-21(23)22-8-7-17-11-19-20(25-10-9-24-19)13-18(17)15(22)2/h3-6,11,13,15H,7-10,12H2,1-2H3. The maximum absolute atomic E-state index is 12.9. The number of carbonyl (C=O) groups is 1. The zero-order chi connectivity index (χ0) is 17.4. The molecule has 0 aromatic heterocycles. The molecule has 2 aliphatic rings. The van der Waals surface area contributed by atoms with Crippen molar-refractivity contribution in [1.29, 1.82) is 0 Å². The van der Waals surface area contributed by atoms with Crippen molar-refractivity contribution < 1.29 is 14.3 Å². The number of carbonyl (C=O) groups excluding carboxylic acids is 1. The number of hydrogen-bond donors (Lipinski definition) is 0. The summed E-state index contributed by atoms with van der Waals surface area (Å²) in [4.78, 5) is 14.9. The third kappa shape index (κ3) is 2.97. The SMILES string of the molecule is Cc1ccccc1CC(=O)N1CCc2cc3c(cc2C1C)OCCO3. The van der Waals surface area contributed by atoms with Crippen molar-refractivity contribution in [2.75, 3.05) is 19.8 Å². The van der Waals surface area contributed by atoms with Crippen LogP contribution in [-0.2, 0) is 17.6 Å². The van der Waals surface area contributed by atoms with Gasteiger partial charge in [0.2, 0.25) is 5.91 Å². The summed E-state index contributed by atoms with van der Waals surface area (Å²) in [5.41, 5.74) is 4.71. The van der Waals surface area contributed by atoms with Gasteiger partial charge in [0.1, 0.15) is 13.2 Å². The Morgan fingerprint density at radius 3 is 2.64 bits per heavy atom. The molecule has 2 aromatic carbocycles. The van der Waals surface area contributed by atoms with Crippen LogP contribution >= 0.6 is 0 Å². The zero-order valence-corrected chi connectivity index (χ0v) is 14.7. The first-order valence-electron chi connectivity index (χ1n) is 8.90. The van der Waals surface area contributed by atoms with Gasteiger partial charge < -0.3 is 14.4 Å². The molecule has 2 aliphatic heterocycles. The quantitative estimate of drug-likeness (QED) is 0.842. The van der Waals surface area contributed by atoms with Crippen molar-refractivity contribution in [3.8, 4) is 11.5 Å². The van der Waals surface area contributed by atoms with E-state index in [0.717, 1.165) is 30.0 Å². The van der Waals surface area contributed by atoms with E-state index in [0.29, 0.717) is 19.6 Å². The van der Waals surface area contributed by atoms with E-state index >= 15 is 0 Å². The Morgan fingerprint density at radius 2 is 1.88 bits per heavy atom. The minimum Gasteiger partial charge on any atom is -0.486 e. The predicted octanol–water partition coefficient (Wildman–Crippen LogP) is 3.45. The molecule has 4 heteroatoms. The van der Waals surface area contributed by atoms with Crippen LogP contribution in [0, 0.1) is 6.92 Å². The monoisotopic (exact) mass is 337 g/mol. The van der Waals surface area contributed by atoms with E-state index in [1.807, 2.05) is 23.1 Å². The van der Waals surface area contributed by atoms with Crippen LogP contribution < -0.4 is 9.47 Å². The summed E-state index contributed by atoms with van der Waals surface area (Å²) in [6.45, 7) is 6.09. The highest BCUT2D eigenvalue weighted by Gasteiger charge is 2.29. The second kappa shape index (κ2) is 6.43. The molecule has 25 heavy (non-hydrogen) atoms. The summed E-state index contributed by atoms with van der Waals surface area (Å²) in [6, 6.07) is 12.3. The normalized spacial score (nSPS) is 18.6. The number of fused-ring (bicyclic) bond motifs is 2. The first-order valence-corrected chi connectivity index (χ1v) is 8.90. The topological polar surface area (TPSA) is 38.8 Å². The second-order valence-electron chi connectivity index (χ2n) is 6.81. The summed E-state index contributed by atoms with van der Waals surface area (Å²) in [7, 11) is 0. The lowest BCUT2D eigenvalue weighted by atomic mass is 9.92. The first kappa shape index (κ1) is 16.0. The number of amides is 1. The molecule has 0 saturated carbocycles.